The van der Waals surface area contributed by atoms with Crippen LogP contribution >= 0.6 is 0 Å². The minimum absolute atomic E-state index is 0.0371. The molecule has 4 heterocycles. The molecular formula is C43H45FN6O6. The van der Waals surface area contributed by atoms with E-state index in [1.807, 2.05) is 70.2 Å². The van der Waals surface area contributed by atoms with Gasteiger partial charge in [0.25, 0.3) is 17.7 Å². The van der Waals surface area contributed by atoms with E-state index >= 15 is 0 Å². The van der Waals surface area contributed by atoms with Gasteiger partial charge >= 0.3 is 0 Å². The first-order valence-electron chi connectivity index (χ1n) is 19.3. The highest BCUT2D eigenvalue weighted by atomic mass is 19.1. The molecule has 0 spiro atoms. The Balaban J connectivity index is 0.822. The van der Waals surface area contributed by atoms with Gasteiger partial charge in [0, 0.05) is 73.3 Å². The molecule has 2 saturated heterocycles. The summed E-state index contributed by atoms with van der Waals surface area (Å²) in [4.78, 5) is 69.8. The molecule has 8 rings (SSSR count). The Bertz CT molecular complexity index is 2140. The second kappa shape index (κ2) is 13.8. The lowest BCUT2D eigenvalue weighted by Crippen LogP contribution is -2.74. The number of piperidine rings is 2. The van der Waals surface area contributed by atoms with Crippen LogP contribution in [0.1, 0.15) is 101 Å². The van der Waals surface area contributed by atoms with Crippen LogP contribution in [-0.2, 0) is 22.7 Å². The summed E-state index contributed by atoms with van der Waals surface area (Å²) >= 11 is 0. The molecule has 3 fully saturated rings. The minimum atomic E-state index is -0.972. The lowest BCUT2D eigenvalue weighted by atomic mass is 9.49. The predicted octanol–water partition coefficient (Wildman–Crippen LogP) is 4.94. The van der Waals surface area contributed by atoms with Gasteiger partial charge in [-0.05, 0) is 84.8 Å². The largest absolute Gasteiger partial charge is 0.489 e. The van der Waals surface area contributed by atoms with E-state index < -0.39 is 46.3 Å². The number of nitrogens with one attached hydrogen (secondary N) is 2. The summed E-state index contributed by atoms with van der Waals surface area (Å²) in [5.74, 6) is -1.91. The van der Waals surface area contributed by atoms with Crippen LogP contribution in [-0.4, -0.2) is 77.2 Å². The Labute approximate surface area is 324 Å². The van der Waals surface area contributed by atoms with Crippen molar-refractivity contribution in [1.82, 2.24) is 20.4 Å². The number of carbonyl (C=O) groups is 5. The second-order valence-electron chi connectivity index (χ2n) is 17.1. The Morgan fingerprint density at radius 3 is 2.11 bits per heavy atom. The van der Waals surface area contributed by atoms with E-state index in [2.05, 4.69) is 20.4 Å². The van der Waals surface area contributed by atoms with E-state index in [0.29, 0.717) is 41.4 Å². The first kappa shape index (κ1) is 37.3. The first-order chi connectivity index (χ1) is 26.6. The maximum Gasteiger partial charge on any atom is 0.262 e. The van der Waals surface area contributed by atoms with E-state index in [1.165, 1.54) is 12.1 Å². The van der Waals surface area contributed by atoms with Crippen LogP contribution < -0.4 is 20.3 Å². The monoisotopic (exact) mass is 760 g/mol. The molecule has 5 aliphatic rings. The van der Waals surface area contributed by atoms with Gasteiger partial charge in [0.15, 0.2) is 0 Å². The highest BCUT2D eigenvalue weighted by Gasteiger charge is 2.64. The van der Waals surface area contributed by atoms with Crippen molar-refractivity contribution in [2.24, 2.45) is 16.7 Å². The number of hydrogen-bond acceptors (Lipinski definition) is 9. The normalized spacial score (nSPS) is 24.2. The summed E-state index contributed by atoms with van der Waals surface area (Å²) in [6.45, 7) is 12.2. The van der Waals surface area contributed by atoms with E-state index in [0.717, 1.165) is 54.2 Å². The number of halogens is 1. The Hall–Kier alpha value is -5.61. The van der Waals surface area contributed by atoms with E-state index in [4.69, 9.17) is 10.00 Å². The van der Waals surface area contributed by atoms with Crippen LogP contribution in [0.4, 0.5) is 10.1 Å². The Morgan fingerprint density at radius 1 is 0.911 bits per heavy atom. The molecule has 2 N–H and O–H groups in total. The van der Waals surface area contributed by atoms with E-state index in [-0.39, 0.29) is 36.5 Å². The molecule has 4 aliphatic heterocycles. The summed E-state index contributed by atoms with van der Waals surface area (Å²) < 4.78 is 20.5. The summed E-state index contributed by atoms with van der Waals surface area (Å²) in [7, 11) is 0. The van der Waals surface area contributed by atoms with Gasteiger partial charge in [0.1, 0.15) is 29.8 Å². The number of amides is 5. The fourth-order valence-electron chi connectivity index (χ4n) is 9.94. The van der Waals surface area contributed by atoms with Gasteiger partial charge in [-0.1, -0.05) is 27.7 Å². The molecule has 5 amide bonds. The average molecular weight is 761 g/mol. The summed E-state index contributed by atoms with van der Waals surface area (Å²) in [5, 5.41) is 14.5. The minimum Gasteiger partial charge on any atom is -0.489 e. The number of ether oxygens (including phenoxy) is 1. The Kier molecular flexibility index (Phi) is 9.23. The third-order valence-corrected chi connectivity index (χ3v) is 12.6. The van der Waals surface area contributed by atoms with Crippen LogP contribution in [0.3, 0.4) is 0 Å². The number of hydrogen-bond donors (Lipinski definition) is 2. The SMILES string of the molecule is CC1(C)[C@H](NC(=O)c2ccc(N3CCC(CN4Cc5cc6c(cc5C4)C(=O)N(C4CCC(=O)NC4=O)C6=O)CC3)cc2)C(C)(C)[C@H]1Oc1ccc(C#N)c(F)c1. The number of carbonyl (C=O) groups excluding carboxylic acids is 5. The van der Waals surface area contributed by atoms with Crippen molar-refractivity contribution in [2.75, 3.05) is 24.5 Å². The highest BCUT2D eigenvalue weighted by molar-refractivity contribution is 6.23. The molecule has 1 unspecified atom stereocenters. The first-order valence-corrected chi connectivity index (χ1v) is 19.3. The van der Waals surface area contributed by atoms with Crippen molar-refractivity contribution >= 4 is 35.2 Å². The number of imide groups is 2. The molecule has 1 atom stereocenters. The zero-order valence-corrected chi connectivity index (χ0v) is 32.0. The number of nitrogens with zero attached hydrogens (tertiary/aromatic N) is 4. The van der Waals surface area contributed by atoms with Gasteiger partial charge in [-0.2, -0.15) is 5.26 Å². The lowest BCUT2D eigenvalue weighted by Gasteiger charge is -2.63. The number of nitriles is 1. The quantitative estimate of drug-likeness (QED) is 0.304. The second-order valence-corrected chi connectivity index (χ2v) is 17.1. The smallest absolute Gasteiger partial charge is 0.262 e. The molecule has 3 aromatic carbocycles. The summed E-state index contributed by atoms with van der Waals surface area (Å²) in [6.07, 6.45) is 1.94. The van der Waals surface area contributed by atoms with Gasteiger partial charge in [-0.3, -0.25) is 39.1 Å². The molecule has 0 aromatic heterocycles. The topological polar surface area (TPSA) is 152 Å². The molecule has 1 aliphatic carbocycles. The fraction of sp³-hybridized carbons (Fsp3) is 0.442. The van der Waals surface area contributed by atoms with Crippen molar-refractivity contribution in [1.29, 1.82) is 5.26 Å². The molecule has 0 bridgehead atoms. The van der Waals surface area contributed by atoms with Crippen molar-refractivity contribution in [3.8, 4) is 11.8 Å². The molecule has 3 aromatic rings. The summed E-state index contributed by atoms with van der Waals surface area (Å²) in [5.41, 5.74) is 3.41. The average Bonchev–Trinajstić information content (AvgIpc) is 3.67. The van der Waals surface area contributed by atoms with E-state index in [1.54, 1.807) is 6.07 Å². The number of benzene rings is 3. The standard InChI is InChI=1S/C43H45FN6O6/c1-42(2)40(43(3,4)41(42)56-30-10-7-26(20-45)33(44)19-30)47-36(52)25-5-8-29(9-6-25)49-15-13-24(14-16-49)21-48-22-27-17-31-32(18-28(27)23-48)39(55)50(38(31)54)34-11-12-35(51)46-37(34)53/h5-10,17-19,24,34,40-41H,11-16,21-23H2,1-4H3,(H,47,52)(H,46,51,53)/t34?,40-,41-. The van der Waals surface area contributed by atoms with Crippen molar-refractivity contribution < 1.29 is 33.1 Å². The van der Waals surface area contributed by atoms with Crippen molar-refractivity contribution in [3.63, 3.8) is 0 Å². The van der Waals surface area contributed by atoms with Crippen LogP contribution in [0.5, 0.6) is 5.75 Å². The molecule has 0 radical (unpaired) electrons. The zero-order valence-electron chi connectivity index (χ0n) is 32.0. The third kappa shape index (κ3) is 6.39. The van der Waals surface area contributed by atoms with Crippen LogP contribution in [0.15, 0.2) is 54.6 Å². The maximum atomic E-state index is 14.2. The van der Waals surface area contributed by atoms with Crippen molar-refractivity contribution in [2.45, 2.75) is 84.7 Å². The van der Waals surface area contributed by atoms with Crippen LogP contribution in [0.2, 0.25) is 0 Å². The van der Waals surface area contributed by atoms with Gasteiger partial charge in [-0.25, -0.2) is 4.39 Å². The molecule has 1 saturated carbocycles. The van der Waals surface area contributed by atoms with Gasteiger partial charge in [0.05, 0.1) is 16.7 Å². The Morgan fingerprint density at radius 2 is 1.54 bits per heavy atom. The van der Waals surface area contributed by atoms with Gasteiger partial charge < -0.3 is 15.0 Å². The number of rotatable bonds is 8. The highest BCUT2D eigenvalue weighted by Crippen LogP contribution is 2.55. The van der Waals surface area contributed by atoms with E-state index in [9.17, 15) is 28.4 Å². The molecule has 13 heteroatoms. The predicted molar refractivity (Wildman–Crippen MR) is 203 cm³/mol. The maximum absolute atomic E-state index is 14.2. The van der Waals surface area contributed by atoms with Crippen LogP contribution in [0, 0.1) is 33.9 Å². The molecule has 12 nitrogen and oxygen atoms in total. The van der Waals surface area contributed by atoms with Gasteiger partial charge in [0.2, 0.25) is 11.8 Å². The molecule has 56 heavy (non-hydrogen) atoms. The summed E-state index contributed by atoms with van der Waals surface area (Å²) in [6, 6.07) is 16.2. The van der Waals surface area contributed by atoms with Gasteiger partial charge in [-0.15, -0.1) is 0 Å². The van der Waals surface area contributed by atoms with Crippen molar-refractivity contribution in [3.05, 3.63) is 93.8 Å². The molecule has 290 valence electrons. The fourth-order valence-corrected chi connectivity index (χ4v) is 9.94. The van der Waals surface area contributed by atoms with Crippen LogP contribution in [0.25, 0.3) is 0 Å². The lowest BCUT2D eigenvalue weighted by molar-refractivity contribution is -0.164. The number of fused-ring (bicyclic) bond motifs is 2. The number of anilines is 1. The molecular weight excluding hydrogens is 716 g/mol. The zero-order chi connectivity index (χ0) is 39.7. The third-order valence-electron chi connectivity index (χ3n) is 12.6.